The van der Waals surface area contributed by atoms with Gasteiger partial charge in [-0.15, -0.1) is 0 Å². The lowest BCUT2D eigenvalue weighted by atomic mass is 10.1. The first kappa shape index (κ1) is 14.1. The molecular formula is C16H16N4O2. The van der Waals surface area contributed by atoms with E-state index in [4.69, 9.17) is 5.73 Å². The van der Waals surface area contributed by atoms with E-state index in [2.05, 4.69) is 15.3 Å². The molecule has 2 aromatic carbocycles. The first-order valence-electron chi connectivity index (χ1n) is 6.90. The molecule has 1 heterocycles. The van der Waals surface area contributed by atoms with Crippen molar-refractivity contribution in [3.05, 3.63) is 54.1 Å². The van der Waals surface area contributed by atoms with Crippen LogP contribution in [0.4, 0.5) is 11.6 Å². The highest BCUT2D eigenvalue weighted by atomic mass is 16.3. The van der Waals surface area contributed by atoms with Gasteiger partial charge in [-0.1, -0.05) is 30.3 Å². The van der Waals surface area contributed by atoms with Crippen LogP contribution in [-0.2, 0) is 11.2 Å². The number of rotatable bonds is 4. The van der Waals surface area contributed by atoms with Gasteiger partial charge in [0.1, 0.15) is 6.10 Å². The zero-order valence-electron chi connectivity index (χ0n) is 11.8. The summed E-state index contributed by atoms with van der Waals surface area (Å²) in [7, 11) is 0. The van der Waals surface area contributed by atoms with E-state index in [9.17, 15) is 9.90 Å². The third-order valence-electron chi connectivity index (χ3n) is 3.34. The molecule has 0 aliphatic heterocycles. The van der Waals surface area contributed by atoms with Crippen molar-refractivity contribution in [2.75, 3.05) is 11.1 Å². The summed E-state index contributed by atoms with van der Waals surface area (Å²) in [6, 6.07) is 14.6. The number of nitrogens with zero attached hydrogens (tertiary/aromatic N) is 1. The first-order chi connectivity index (χ1) is 10.6. The number of hydrogen-bond donors (Lipinski definition) is 4. The standard InChI is InChI=1S/C16H16N4O2/c17-16-19-12-7-6-11(9-13(12)20-16)18-15(22)14(21)8-10-4-2-1-3-5-10/h1-7,9,14,21H,8H2,(H,18,22)(H3,17,19,20). The number of carbonyl (C=O) groups excluding carboxylic acids is 1. The van der Waals surface area contributed by atoms with Gasteiger partial charge in [0.2, 0.25) is 0 Å². The predicted octanol–water partition coefficient (Wildman–Crippen LogP) is 1.69. The highest BCUT2D eigenvalue weighted by molar-refractivity contribution is 5.96. The number of aliphatic hydroxyl groups is 1. The summed E-state index contributed by atoms with van der Waals surface area (Å²) in [6.45, 7) is 0. The molecule has 5 N–H and O–H groups in total. The van der Waals surface area contributed by atoms with Gasteiger partial charge in [0.05, 0.1) is 11.0 Å². The number of nitrogens with one attached hydrogen (secondary N) is 2. The summed E-state index contributed by atoms with van der Waals surface area (Å²) in [5.74, 6) is -0.127. The minimum atomic E-state index is -1.11. The number of aromatic nitrogens is 2. The van der Waals surface area contributed by atoms with Crippen molar-refractivity contribution in [2.45, 2.75) is 12.5 Å². The topological polar surface area (TPSA) is 104 Å². The Morgan fingerprint density at radius 1 is 1.27 bits per heavy atom. The van der Waals surface area contributed by atoms with Gasteiger partial charge in [0.15, 0.2) is 5.95 Å². The van der Waals surface area contributed by atoms with Gasteiger partial charge in [-0.2, -0.15) is 0 Å². The van der Waals surface area contributed by atoms with E-state index >= 15 is 0 Å². The van der Waals surface area contributed by atoms with E-state index in [0.29, 0.717) is 11.6 Å². The Morgan fingerprint density at radius 3 is 2.82 bits per heavy atom. The molecule has 0 saturated carbocycles. The van der Waals surface area contributed by atoms with Crippen molar-refractivity contribution in [1.29, 1.82) is 0 Å². The van der Waals surface area contributed by atoms with Crippen LogP contribution in [-0.4, -0.2) is 27.1 Å². The highest BCUT2D eigenvalue weighted by Gasteiger charge is 2.16. The molecule has 0 aliphatic carbocycles. The Balaban J connectivity index is 1.69. The lowest BCUT2D eigenvalue weighted by Gasteiger charge is -2.11. The fraction of sp³-hybridized carbons (Fsp3) is 0.125. The second-order valence-electron chi connectivity index (χ2n) is 5.05. The molecule has 6 nitrogen and oxygen atoms in total. The van der Waals surface area contributed by atoms with E-state index in [1.54, 1.807) is 18.2 Å². The number of anilines is 2. The number of hydrogen-bond acceptors (Lipinski definition) is 4. The molecule has 0 saturated heterocycles. The molecule has 0 bridgehead atoms. The molecule has 0 radical (unpaired) electrons. The molecule has 1 aromatic heterocycles. The maximum atomic E-state index is 12.0. The molecule has 1 amide bonds. The van der Waals surface area contributed by atoms with Crippen molar-refractivity contribution < 1.29 is 9.90 Å². The van der Waals surface area contributed by atoms with Crippen LogP contribution >= 0.6 is 0 Å². The maximum absolute atomic E-state index is 12.0. The Bertz CT molecular complexity index is 798. The van der Waals surface area contributed by atoms with Crippen LogP contribution in [0, 0.1) is 0 Å². The zero-order chi connectivity index (χ0) is 15.5. The summed E-state index contributed by atoms with van der Waals surface area (Å²) < 4.78 is 0. The van der Waals surface area contributed by atoms with Crippen LogP contribution in [0.15, 0.2) is 48.5 Å². The first-order valence-corrected chi connectivity index (χ1v) is 6.90. The molecule has 1 atom stereocenters. The monoisotopic (exact) mass is 296 g/mol. The molecular weight excluding hydrogens is 280 g/mol. The van der Waals surface area contributed by atoms with Crippen molar-refractivity contribution in [1.82, 2.24) is 9.97 Å². The van der Waals surface area contributed by atoms with E-state index in [-0.39, 0.29) is 6.42 Å². The van der Waals surface area contributed by atoms with Gasteiger partial charge in [0, 0.05) is 12.1 Å². The minimum Gasteiger partial charge on any atom is -0.383 e. The number of aliphatic hydroxyl groups excluding tert-OH is 1. The molecule has 0 fully saturated rings. The number of nitrogens with two attached hydrogens (primary N) is 1. The second kappa shape index (κ2) is 5.87. The van der Waals surface area contributed by atoms with E-state index in [0.717, 1.165) is 16.6 Å². The SMILES string of the molecule is Nc1nc2ccc(NC(=O)C(O)Cc3ccccc3)cc2[nH]1. The number of imidazole rings is 1. The normalized spacial score (nSPS) is 12.2. The lowest BCUT2D eigenvalue weighted by molar-refractivity contribution is -0.123. The number of amides is 1. The number of nitrogen functional groups attached to an aromatic ring is 1. The van der Waals surface area contributed by atoms with E-state index in [1.165, 1.54) is 0 Å². The molecule has 1 unspecified atom stereocenters. The summed E-state index contributed by atoms with van der Waals surface area (Å²) in [6.07, 6.45) is -0.837. The predicted molar refractivity (Wildman–Crippen MR) is 85.3 cm³/mol. The lowest BCUT2D eigenvalue weighted by Crippen LogP contribution is -2.29. The Kier molecular flexibility index (Phi) is 3.76. The summed E-state index contributed by atoms with van der Waals surface area (Å²) in [5, 5.41) is 12.7. The number of H-pyrrole nitrogens is 1. The molecule has 112 valence electrons. The molecule has 0 aliphatic rings. The van der Waals surface area contributed by atoms with Crippen LogP contribution in [0.1, 0.15) is 5.56 Å². The number of benzene rings is 2. The van der Waals surface area contributed by atoms with Gasteiger partial charge in [-0.05, 0) is 23.8 Å². The number of carbonyl (C=O) groups is 1. The van der Waals surface area contributed by atoms with Crippen LogP contribution < -0.4 is 11.1 Å². The average molecular weight is 296 g/mol. The van der Waals surface area contributed by atoms with E-state index in [1.807, 2.05) is 30.3 Å². The van der Waals surface area contributed by atoms with Crippen molar-refractivity contribution in [2.24, 2.45) is 0 Å². The largest absolute Gasteiger partial charge is 0.383 e. The Morgan fingerprint density at radius 2 is 2.05 bits per heavy atom. The molecule has 3 aromatic rings. The van der Waals surface area contributed by atoms with Gasteiger partial charge in [-0.3, -0.25) is 4.79 Å². The average Bonchev–Trinajstić information content (AvgIpc) is 2.87. The third kappa shape index (κ3) is 3.07. The van der Waals surface area contributed by atoms with Gasteiger partial charge < -0.3 is 21.1 Å². The van der Waals surface area contributed by atoms with Crippen molar-refractivity contribution >= 4 is 28.6 Å². The van der Waals surface area contributed by atoms with Crippen LogP contribution in [0.25, 0.3) is 11.0 Å². The summed E-state index contributed by atoms with van der Waals surface area (Å²) in [4.78, 5) is 19.0. The Labute approximate surface area is 127 Å². The van der Waals surface area contributed by atoms with Crippen LogP contribution in [0.3, 0.4) is 0 Å². The van der Waals surface area contributed by atoms with E-state index < -0.39 is 12.0 Å². The quantitative estimate of drug-likeness (QED) is 0.588. The highest BCUT2D eigenvalue weighted by Crippen LogP contribution is 2.18. The zero-order valence-corrected chi connectivity index (χ0v) is 11.8. The maximum Gasteiger partial charge on any atom is 0.253 e. The molecule has 22 heavy (non-hydrogen) atoms. The number of fused-ring (bicyclic) bond motifs is 1. The Hall–Kier alpha value is -2.86. The van der Waals surface area contributed by atoms with Crippen LogP contribution in [0.5, 0.6) is 0 Å². The fourth-order valence-corrected chi connectivity index (χ4v) is 2.26. The fourth-order valence-electron chi connectivity index (χ4n) is 2.26. The third-order valence-corrected chi connectivity index (χ3v) is 3.34. The smallest absolute Gasteiger partial charge is 0.253 e. The molecule has 3 rings (SSSR count). The molecule has 6 heteroatoms. The van der Waals surface area contributed by atoms with Crippen molar-refractivity contribution in [3.8, 4) is 0 Å². The summed E-state index contributed by atoms with van der Waals surface area (Å²) in [5.41, 5.74) is 8.52. The summed E-state index contributed by atoms with van der Waals surface area (Å²) >= 11 is 0. The van der Waals surface area contributed by atoms with Gasteiger partial charge >= 0.3 is 0 Å². The van der Waals surface area contributed by atoms with Gasteiger partial charge in [0.25, 0.3) is 5.91 Å². The molecule has 0 spiro atoms. The minimum absolute atomic E-state index is 0.270. The number of aromatic amines is 1. The van der Waals surface area contributed by atoms with Crippen molar-refractivity contribution in [3.63, 3.8) is 0 Å². The second-order valence-corrected chi connectivity index (χ2v) is 5.05. The van der Waals surface area contributed by atoms with Crippen LogP contribution in [0.2, 0.25) is 0 Å². The van der Waals surface area contributed by atoms with Gasteiger partial charge in [-0.25, -0.2) is 4.98 Å².